The Morgan fingerprint density at radius 3 is 2.94 bits per heavy atom. The van der Waals surface area contributed by atoms with Crippen LogP contribution in [0.4, 0.5) is 4.79 Å². The fraction of sp³-hybridized carbons (Fsp3) is 0.923. The number of nitrogens with zero attached hydrogens (tertiary/aromatic N) is 1. The average molecular weight is 239 g/mol. The third-order valence-electron chi connectivity index (χ3n) is 3.69. The molecular weight excluding hydrogens is 214 g/mol. The van der Waals surface area contributed by atoms with Crippen LogP contribution in [0.3, 0.4) is 0 Å². The van der Waals surface area contributed by atoms with E-state index < -0.39 is 0 Å². The summed E-state index contributed by atoms with van der Waals surface area (Å²) >= 11 is 0. The minimum Gasteiger partial charge on any atom is -0.333 e. The predicted octanol–water partition coefficient (Wildman–Crippen LogP) is 1.43. The molecule has 2 heterocycles. The van der Waals surface area contributed by atoms with Crippen molar-refractivity contribution in [2.24, 2.45) is 11.8 Å². The quantitative estimate of drug-likeness (QED) is 0.779. The maximum Gasteiger partial charge on any atom is 0.317 e. The van der Waals surface area contributed by atoms with Gasteiger partial charge >= 0.3 is 6.03 Å². The molecule has 2 amide bonds. The first kappa shape index (κ1) is 12.7. The topological polar surface area (TPSA) is 44.4 Å². The van der Waals surface area contributed by atoms with Crippen molar-refractivity contribution >= 4 is 6.03 Å². The van der Waals surface area contributed by atoms with Gasteiger partial charge in [-0.3, -0.25) is 0 Å². The highest BCUT2D eigenvalue weighted by Crippen LogP contribution is 2.17. The maximum absolute atomic E-state index is 11.8. The van der Waals surface area contributed by atoms with Gasteiger partial charge in [-0.2, -0.15) is 0 Å². The third kappa shape index (κ3) is 3.60. The molecule has 0 radical (unpaired) electrons. The van der Waals surface area contributed by atoms with Crippen LogP contribution in [0.15, 0.2) is 0 Å². The molecule has 0 aromatic rings. The monoisotopic (exact) mass is 239 g/mol. The highest BCUT2D eigenvalue weighted by molar-refractivity contribution is 5.76. The van der Waals surface area contributed by atoms with Crippen LogP contribution in [-0.4, -0.2) is 43.2 Å². The van der Waals surface area contributed by atoms with Crippen LogP contribution >= 0.6 is 0 Å². The SMILES string of the molecule is CC(C)CC1CN(CC2CCCNC2)C(=O)N1. The molecule has 2 aliphatic rings. The van der Waals surface area contributed by atoms with E-state index in [4.69, 9.17) is 0 Å². The minimum absolute atomic E-state index is 0.140. The van der Waals surface area contributed by atoms with Crippen molar-refractivity contribution in [3.63, 3.8) is 0 Å². The van der Waals surface area contributed by atoms with E-state index in [1.54, 1.807) is 0 Å². The van der Waals surface area contributed by atoms with Crippen molar-refractivity contribution in [3.8, 4) is 0 Å². The van der Waals surface area contributed by atoms with Gasteiger partial charge in [0, 0.05) is 19.1 Å². The first-order valence-corrected chi connectivity index (χ1v) is 6.91. The van der Waals surface area contributed by atoms with Gasteiger partial charge in [-0.1, -0.05) is 13.8 Å². The number of carbonyl (C=O) groups excluding carboxylic acids is 1. The van der Waals surface area contributed by atoms with Crippen molar-refractivity contribution in [1.29, 1.82) is 0 Å². The summed E-state index contributed by atoms with van der Waals surface area (Å²) < 4.78 is 0. The molecule has 98 valence electrons. The average Bonchev–Trinajstić information content (AvgIpc) is 2.59. The van der Waals surface area contributed by atoms with Gasteiger partial charge in [-0.25, -0.2) is 4.79 Å². The Balaban J connectivity index is 1.79. The van der Waals surface area contributed by atoms with E-state index in [1.807, 2.05) is 4.90 Å². The fourth-order valence-corrected chi connectivity index (χ4v) is 2.91. The Bertz CT molecular complexity index is 261. The second-order valence-corrected chi connectivity index (χ2v) is 5.89. The number of amides is 2. The van der Waals surface area contributed by atoms with Crippen LogP contribution in [0.5, 0.6) is 0 Å². The summed E-state index contributed by atoms with van der Waals surface area (Å²) in [6.07, 6.45) is 3.59. The van der Waals surface area contributed by atoms with Crippen molar-refractivity contribution in [2.75, 3.05) is 26.2 Å². The molecule has 2 unspecified atom stereocenters. The summed E-state index contributed by atoms with van der Waals surface area (Å²) in [4.78, 5) is 13.8. The van der Waals surface area contributed by atoms with E-state index in [0.29, 0.717) is 17.9 Å². The van der Waals surface area contributed by atoms with Gasteiger partial charge in [0.15, 0.2) is 0 Å². The normalized spacial score (nSPS) is 29.8. The lowest BCUT2D eigenvalue weighted by molar-refractivity contribution is 0.202. The summed E-state index contributed by atoms with van der Waals surface area (Å²) in [6, 6.07) is 0.500. The number of urea groups is 1. The zero-order valence-corrected chi connectivity index (χ0v) is 11.0. The lowest BCUT2D eigenvalue weighted by Crippen LogP contribution is -2.39. The molecule has 4 nitrogen and oxygen atoms in total. The molecule has 2 aliphatic heterocycles. The molecule has 0 aliphatic carbocycles. The third-order valence-corrected chi connectivity index (χ3v) is 3.69. The van der Waals surface area contributed by atoms with Crippen LogP contribution in [0, 0.1) is 11.8 Å². The number of hydrogen-bond donors (Lipinski definition) is 2. The highest BCUT2D eigenvalue weighted by Gasteiger charge is 2.30. The molecule has 17 heavy (non-hydrogen) atoms. The van der Waals surface area contributed by atoms with Gasteiger partial charge < -0.3 is 15.5 Å². The number of hydrogen-bond acceptors (Lipinski definition) is 2. The summed E-state index contributed by atoms with van der Waals surface area (Å²) in [5.74, 6) is 1.30. The minimum atomic E-state index is 0.140. The fourth-order valence-electron chi connectivity index (χ4n) is 2.91. The molecule has 2 N–H and O–H groups in total. The summed E-state index contributed by atoms with van der Waals surface area (Å²) in [7, 11) is 0. The van der Waals surface area contributed by atoms with E-state index in [-0.39, 0.29) is 6.03 Å². The van der Waals surface area contributed by atoms with Gasteiger partial charge in [-0.15, -0.1) is 0 Å². The zero-order chi connectivity index (χ0) is 12.3. The van der Waals surface area contributed by atoms with E-state index in [0.717, 1.165) is 32.6 Å². The number of nitrogens with one attached hydrogen (secondary N) is 2. The van der Waals surface area contributed by atoms with Crippen LogP contribution in [0.25, 0.3) is 0 Å². The first-order valence-electron chi connectivity index (χ1n) is 6.91. The number of rotatable bonds is 4. The molecule has 0 aromatic heterocycles. The number of piperidine rings is 1. The van der Waals surface area contributed by atoms with Gasteiger partial charge in [0.2, 0.25) is 0 Å². The van der Waals surface area contributed by atoms with Gasteiger partial charge in [0.1, 0.15) is 0 Å². The molecule has 2 atom stereocenters. The van der Waals surface area contributed by atoms with E-state index in [9.17, 15) is 4.79 Å². The van der Waals surface area contributed by atoms with Gasteiger partial charge in [0.05, 0.1) is 0 Å². The second-order valence-electron chi connectivity index (χ2n) is 5.89. The van der Waals surface area contributed by atoms with Crippen LogP contribution in [-0.2, 0) is 0 Å². The Morgan fingerprint density at radius 2 is 2.29 bits per heavy atom. The van der Waals surface area contributed by atoms with Crippen molar-refractivity contribution in [2.45, 2.75) is 39.2 Å². The largest absolute Gasteiger partial charge is 0.333 e. The standard InChI is InChI=1S/C13H25N3O/c1-10(2)6-12-9-16(13(17)15-12)8-11-4-3-5-14-7-11/h10-12,14H,3-9H2,1-2H3,(H,15,17). The lowest BCUT2D eigenvalue weighted by atomic mass is 9.99. The molecule has 0 aromatic carbocycles. The molecule has 2 fully saturated rings. The Hall–Kier alpha value is -0.770. The predicted molar refractivity (Wildman–Crippen MR) is 68.9 cm³/mol. The van der Waals surface area contributed by atoms with Crippen LogP contribution < -0.4 is 10.6 Å². The molecule has 0 saturated carbocycles. The zero-order valence-electron chi connectivity index (χ0n) is 11.0. The summed E-state index contributed by atoms with van der Waals surface area (Å²) in [5, 5.41) is 6.50. The van der Waals surface area contributed by atoms with Crippen molar-refractivity contribution in [3.05, 3.63) is 0 Å². The molecular formula is C13H25N3O. The molecule has 0 spiro atoms. The van der Waals surface area contributed by atoms with Gasteiger partial charge in [-0.05, 0) is 44.2 Å². The summed E-state index contributed by atoms with van der Waals surface area (Å²) in [5.41, 5.74) is 0. The van der Waals surface area contributed by atoms with Crippen molar-refractivity contribution in [1.82, 2.24) is 15.5 Å². The smallest absolute Gasteiger partial charge is 0.317 e. The highest BCUT2D eigenvalue weighted by atomic mass is 16.2. The van der Waals surface area contributed by atoms with Crippen LogP contribution in [0.1, 0.15) is 33.1 Å². The van der Waals surface area contributed by atoms with E-state index >= 15 is 0 Å². The summed E-state index contributed by atoms with van der Waals surface area (Å²) in [6.45, 7) is 8.44. The van der Waals surface area contributed by atoms with E-state index in [1.165, 1.54) is 12.8 Å². The van der Waals surface area contributed by atoms with E-state index in [2.05, 4.69) is 24.5 Å². The maximum atomic E-state index is 11.8. The van der Waals surface area contributed by atoms with Crippen LogP contribution in [0.2, 0.25) is 0 Å². The van der Waals surface area contributed by atoms with Gasteiger partial charge in [0.25, 0.3) is 0 Å². The Labute approximate surface area is 104 Å². The Morgan fingerprint density at radius 1 is 1.47 bits per heavy atom. The lowest BCUT2D eigenvalue weighted by Gasteiger charge is -2.26. The molecule has 0 bridgehead atoms. The first-order chi connectivity index (χ1) is 8.15. The van der Waals surface area contributed by atoms with Crippen molar-refractivity contribution < 1.29 is 4.79 Å². The second kappa shape index (κ2) is 5.71. The Kier molecular flexibility index (Phi) is 4.26. The molecule has 2 saturated heterocycles. The number of carbonyl (C=O) groups is 1. The molecule has 2 rings (SSSR count). The molecule has 4 heteroatoms.